The molecule has 0 aliphatic carbocycles. The number of carbonyl (C=O) groups excluding carboxylic acids is 1. The minimum Gasteiger partial charge on any atom is -0.497 e. The summed E-state index contributed by atoms with van der Waals surface area (Å²) in [7, 11) is 2.98. The Morgan fingerprint density at radius 3 is 2.24 bits per heavy atom. The van der Waals surface area contributed by atoms with Crippen molar-refractivity contribution in [2.24, 2.45) is 0 Å². The molecule has 6 nitrogen and oxygen atoms in total. The van der Waals surface area contributed by atoms with Crippen LogP contribution in [0.3, 0.4) is 0 Å². The number of methoxy groups -OCH3 is 2. The molecule has 2 aromatic rings. The van der Waals surface area contributed by atoms with E-state index in [0.29, 0.717) is 22.6 Å². The van der Waals surface area contributed by atoms with E-state index < -0.39 is 4.92 Å². The summed E-state index contributed by atoms with van der Waals surface area (Å²) in [6.07, 6.45) is 0. The van der Waals surface area contributed by atoms with Gasteiger partial charge in [0, 0.05) is 23.8 Å². The molecule has 0 bridgehead atoms. The Kier molecular flexibility index (Phi) is 4.18. The van der Waals surface area contributed by atoms with E-state index >= 15 is 0 Å². The SMILES string of the molecule is COc1ccc(C(=O)c2ccc([N+](=O)[O-])cc2)c(OC)c1. The lowest BCUT2D eigenvalue weighted by molar-refractivity contribution is -0.384. The first-order chi connectivity index (χ1) is 10.1. The lowest BCUT2D eigenvalue weighted by Gasteiger charge is -2.09. The molecule has 0 spiro atoms. The molecular formula is C15H13NO5. The smallest absolute Gasteiger partial charge is 0.269 e. The number of nitro groups is 1. The van der Waals surface area contributed by atoms with Crippen molar-refractivity contribution in [2.75, 3.05) is 14.2 Å². The highest BCUT2D eigenvalue weighted by Crippen LogP contribution is 2.27. The maximum Gasteiger partial charge on any atom is 0.269 e. The molecule has 0 heterocycles. The number of non-ortho nitro benzene ring substituents is 1. The van der Waals surface area contributed by atoms with Gasteiger partial charge >= 0.3 is 0 Å². The van der Waals surface area contributed by atoms with Crippen LogP contribution in [0.4, 0.5) is 5.69 Å². The van der Waals surface area contributed by atoms with E-state index in [1.54, 1.807) is 18.2 Å². The largest absolute Gasteiger partial charge is 0.497 e. The quantitative estimate of drug-likeness (QED) is 0.480. The average Bonchev–Trinajstić information content (AvgIpc) is 2.53. The highest BCUT2D eigenvalue weighted by Gasteiger charge is 2.16. The topological polar surface area (TPSA) is 78.7 Å². The minimum absolute atomic E-state index is 0.0618. The van der Waals surface area contributed by atoms with E-state index in [1.807, 2.05) is 0 Å². The molecule has 0 unspecified atom stereocenters. The fourth-order valence-corrected chi connectivity index (χ4v) is 1.88. The lowest BCUT2D eigenvalue weighted by Crippen LogP contribution is -2.04. The van der Waals surface area contributed by atoms with Gasteiger partial charge in [0.05, 0.1) is 24.7 Å². The van der Waals surface area contributed by atoms with E-state index in [0.717, 1.165) is 0 Å². The Morgan fingerprint density at radius 1 is 1.05 bits per heavy atom. The molecule has 0 N–H and O–H groups in total. The molecule has 0 atom stereocenters. The molecule has 0 aliphatic heterocycles. The average molecular weight is 287 g/mol. The zero-order valence-electron chi connectivity index (χ0n) is 11.5. The molecule has 2 rings (SSSR count). The van der Waals surface area contributed by atoms with Gasteiger partial charge in [0.2, 0.25) is 0 Å². The molecular weight excluding hydrogens is 274 g/mol. The highest BCUT2D eigenvalue weighted by atomic mass is 16.6. The number of nitrogens with zero attached hydrogens (tertiary/aromatic N) is 1. The van der Waals surface area contributed by atoms with Crippen molar-refractivity contribution in [3.63, 3.8) is 0 Å². The van der Waals surface area contributed by atoms with Crippen LogP contribution >= 0.6 is 0 Å². The summed E-state index contributed by atoms with van der Waals surface area (Å²) in [4.78, 5) is 22.5. The Labute approximate surface area is 121 Å². The van der Waals surface area contributed by atoms with Gasteiger partial charge in [0.1, 0.15) is 11.5 Å². The first-order valence-electron chi connectivity index (χ1n) is 6.08. The van der Waals surface area contributed by atoms with Gasteiger partial charge in [0.15, 0.2) is 5.78 Å². The van der Waals surface area contributed by atoms with Gasteiger partial charge in [-0.3, -0.25) is 14.9 Å². The van der Waals surface area contributed by atoms with Gasteiger partial charge in [-0.05, 0) is 24.3 Å². The third kappa shape index (κ3) is 3.00. The van der Waals surface area contributed by atoms with Crippen LogP contribution in [0.5, 0.6) is 11.5 Å². The highest BCUT2D eigenvalue weighted by molar-refractivity contribution is 6.10. The molecule has 0 fully saturated rings. The summed E-state index contributed by atoms with van der Waals surface area (Å²) in [5, 5.41) is 10.6. The summed E-state index contributed by atoms with van der Waals surface area (Å²) in [5.74, 6) is 0.689. The van der Waals surface area contributed by atoms with Crippen molar-refractivity contribution < 1.29 is 19.2 Å². The van der Waals surface area contributed by atoms with E-state index in [4.69, 9.17) is 9.47 Å². The Bertz CT molecular complexity index is 679. The zero-order valence-corrected chi connectivity index (χ0v) is 11.5. The normalized spacial score (nSPS) is 10.0. The molecule has 108 valence electrons. The van der Waals surface area contributed by atoms with Crippen molar-refractivity contribution in [1.82, 2.24) is 0 Å². The third-order valence-corrected chi connectivity index (χ3v) is 2.99. The van der Waals surface area contributed by atoms with Crippen molar-refractivity contribution in [1.29, 1.82) is 0 Å². The zero-order chi connectivity index (χ0) is 15.4. The fraction of sp³-hybridized carbons (Fsp3) is 0.133. The predicted molar refractivity (Wildman–Crippen MR) is 76.1 cm³/mol. The maximum absolute atomic E-state index is 12.4. The first kappa shape index (κ1) is 14.5. The molecule has 0 radical (unpaired) electrons. The molecule has 2 aromatic carbocycles. The molecule has 0 amide bonds. The number of rotatable bonds is 5. The monoisotopic (exact) mass is 287 g/mol. The van der Waals surface area contributed by atoms with Gasteiger partial charge < -0.3 is 9.47 Å². The summed E-state index contributed by atoms with van der Waals surface area (Å²) in [6, 6.07) is 10.3. The number of carbonyl (C=O) groups is 1. The molecule has 0 aliphatic rings. The Morgan fingerprint density at radius 2 is 1.71 bits per heavy atom. The van der Waals surface area contributed by atoms with Gasteiger partial charge in [-0.1, -0.05) is 0 Å². The fourth-order valence-electron chi connectivity index (χ4n) is 1.88. The van der Waals surface area contributed by atoms with E-state index in [-0.39, 0.29) is 11.5 Å². The van der Waals surface area contributed by atoms with Crippen LogP contribution in [0.1, 0.15) is 15.9 Å². The minimum atomic E-state index is -0.512. The first-order valence-corrected chi connectivity index (χ1v) is 6.08. The van der Waals surface area contributed by atoms with Gasteiger partial charge in [0.25, 0.3) is 5.69 Å². The van der Waals surface area contributed by atoms with Crippen molar-refractivity contribution >= 4 is 11.5 Å². The van der Waals surface area contributed by atoms with E-state index in [1.165, 1.54) is 38.5 Å². The number of hydrogen-bond acceptors (Lipinski definition) is 5. The van der Waals surface area contributed by atoms with Gasteiger partial charge in [-0.15, -0.1) is 0 Å². The number of benzene rings is 2. The lowest BCUT2D eigenvalue weighted by atomic mass is 10.0. The number of nitro benzene ring substituents is 1. The van der Waals surface area contributed by atoms with E-state index in [2.05, 4.69) is 0 Å². The summed E-state index contributed by atoms with van der Waals surface area (Å²) >= 11 is 0. The summed E-state index contributed by atoms with van der Waals surface area (Å²) in [6.45, 7) is 0. The van der Waals surface area contributed by atoms with Crippen LogP contribution in [-0.4, -0.2) is 24.9 Å². The second kappa shape index (κ2) is 6.04. The van der Waals surface area contributed by atoms with Crippen LogP contribution in [0.2, 0.25) is 0 Å². The van der Waals surface area contributed by atoms with Crippen LogP contribution < -0.4 is 9.47 Å². The molecule has 21 heavy (non-hydrogen) atoms. The Hall–Kier alpha value is -2.89. The van der Waals surface area contributed by atoms with Gasteiger partial charge in [-0.2, -0.15) is 0 Å². The maximum atomic E-state index is 12.4. The van der Waals surface area contributed by atoms with Crippen molar-refractivity contribution in [3.05, 3.63) is 63.7 Å². The van der Waals surface area contributed by atoms with Crippen molar-refractivity contribution in [3.8, 4) is 11.5 Å². The van der Waals surface area contributed by atoms with Crippen LogP contribution in [0.15, 0.2) is 42.5 Å². The molecule has 0 saturated heterocycles. The summed E-state index contributed by atoms with van der Waals surface area (Å²) in [5.41, 5.74) is 0.657. The second-order valence-electron chi connectivity index (χ2n) is 4.20. The molecule has 6 heteroatoms. The van der Waals surface area contributed by atoms with Crippen LogP contribution in [0.25, 0.3) is 0 Å². The number of ether oxygens (including phenoxy) is 2. The van der Waals surface area contributed by atoms with Crippen LogP contribution in [-0.2, 0) is 0 Å². The number of ketones is 1. The predicted octanol–water partition coefficient (Wildman–Crippen LogP) is 2.84. The number of hydrogen-bond donors (Lipinski definition) is 0. The third-order valence-electron chi connectivity index (χ3n) is 2.99. The Balaban J connectivity index is 2.37. The summed E-state index contributed by atoms with van der Waals surface area (Å²) < 4.78 is 10.3. The van der Waals surface area contributed by atoms with Gasteiger partial charge in [-0.25, -0.2) is 0 Å². The standard InChI is InChI=1S/C15H13NO5/c1-20-12-7-8-13(14(9-12)21-2)15(17)10-3-5-11(6-4-10)16(18)19/h3-9H,1-2H3. The van der Waals surface area contributed by atoms with Crippen LogP contribution in [0, 0.1) is 10.1 Å². The van der Waals surface area contributed by atoms with Crippen molar-refractivity contribution in [2.45, 2.75) is 0 Å². The second-order valence-corrected chi connectivity index (χ2v) is 4.20. The molecule has 0 saturated carbocycles. The van der Waals surface area contributed by atoms with E-state index in [9.17, 15) is 14.9 Å². The molecule has 0 aromatic heterocycles.